The molecule has 0 fully saturated rings. The van der Waals surface area contributed by atoms with Gasteiger partial charge in [-0.25, -0.2) is 0 Å². The SMILES string of the molecule is O=C(CN1C(=O)c2cccc([N+](=O)[O-])c2C1=O)OCc1ccc(C(=O)Nc2ccccc2)cc1. The third-order valence-electron chi connectivity index (χ3n) is 5.11. The van der Waals surface area contributed by atoms with Crippen LogP contribution in [0.1, 0.15) is 36.6 Å². The quantitative estimate of drug-likeness (QED) is 0.248. The largest absolute Gasteiger partial charge is 0.459 e. The van der Waals surface area contributed by atoms with Crippen LogP contribution in [-0.2, 0) is 16.1 Å². The first-order valence-electron chi connectivity index (χ1n) is 10.1. The van der Waals surface area contributed by atoms with Crippen molar-refractivity contribution in [3.8, 4) is 0 Å². The first kappa shape index (κ1) is 22.3. The number of para-hydroxylation sites is 1. The Bertz CT molecular complexity index is 1300. The lowest BCUT2D eigenvalue weighted by Gasteiger charge is -2.13. The number of nitrogens with zero attached hydrogens (tertiary/aromatic N) is 2. The fraction of sp³-hybridized carbons (Fsp3) is 0.0833. The molecule has 0 bridgehead atoms. The molecule has 1 aliphatic rings. The van der Waals surface area contributed by atoms with Crippen molar-refractivity contribution in [2.75, 3.05) is 11.9 Å². The van der Waals surface area contributed by atoms with Crippen molar-refractivity contribution in [2.45, 2.75) is 6.61 Å². The Balaban J connectivity index is 1.34. The van der Waals surface area contributed by atoms with Crippen LogP contribution >= 0.6 is 0 Å². The van der Waals surface area contributed by atoms with Crippen molar-refractivity contribution in [2.24, 2.45) is 0 Å². The Morgan fingerprint density at radius 1 is 0.912 bits per heavy atom. The molecular weight excluding hydrogens is 442 g/mol. The van der Waals surface area contributed by atoms with Gasteiger partial charge in [0.05, 0.1) is 10.5 Å². The van der Waals surface area contributed by atoms with E-state index in [9.17, 15) is 29.3 Å². The summed E-state index contributed by atoms with van der Waals surface area (Å²) in [4.78, 5) is 60.6. The van der Waals surface area contributed by atoms with E-state index in [0.29, 0.717) is 21.7 Å². The molecule has 1 aliphatic heterocycles. The summed E-state index contributed by atoms with van der Waals surface area (Å²) in [5.74, 6) is -2.87. The number of nitro groups is 1. The van der Waals surface area contributed by atoms with Crippen LogP contribution in [0.15, 0.2) is 72.8 Å². The number of imide groups is 1. The molecule has 10 heteroatoms. The molecule has 0 saturated carbocycles. The highest BCUT2D eigenvalue weighted by atomic mass is 16.6. The number of nitro benzene ring substituents is 1. The molecule has 0 aliphatic carbocycles. The molecule has 0 radical (unpaired) electrons. The summed E-state index contributed by atoms with van der Waals surface area (Å²) in [7, 11) is 0. The van der Waals surface area contributed by atoms with Gasteiger partial charge in [-0.3, -0.25) is 34.2 Å². The normalized spacial score (nSPS) is 12.3. The van der Waals surface area contributed by atoms with Crippen molar-refractivity contribution in [1.82, 2.24) is 4.90 Å². The average Bonchev–Trinajstić information content (AvgIpc) is 3.08. The molecule has 0 spiro atoms. The number of ether oxygens (including phenoxy) is 1. The van der Waals surface area contributed by atoms with Gasteiger partial charge >= 0.3 is 5.97 Å². The van der Waals surface area contributed by atoms with E-state index in [0.717, 1.165) is 6.07 Å². The summed E-state index contributed by atoms with van der Waals surface area (Å²) in [5.41, 5.74) is 0.687. The summed E-state index contributed by atoms with van der Waals surface area (Å²) in [6.07, 6.45) is 0. The van der Waals surface area contributed by atoms with Gasteiger partial charge in [-0.2, -0.15) is 0 Å². The van der Waals surface area contributed by atoms with Crippen molar-refractivity contribution >= 4 is 35.1 Å². The number of hydrogen-bond donors (Lipinski definition) is 1. The van der Waals surface area contributed by atoms with E-state index in [1.54, 1.807) is 48.5 Å². The van der Waals surface area contributed by atoms with Crippen LogP contribution in [0.25, 0.3) is 0 Å². The number of hydrogen-bond acceptors (Lipinski definition) is 7. The maximum Gasteiger partial charge on any atom is 0.326 e. The third kappa shape index (κ3) is 4.51. The average molecular weight is 459 g/mol. The van der Waals surface area contributed by atoms with Gasteiger partial charge in [-0.1, -0.05) is 36.4 Å². The Morgan fingerprint density at radius 2 is 1.62 bits per heavy atom. The van der Waals surface area contributed by atoms with Gasteiger partial charge in [0.25, 0.3) is 23.4 Å². The molecule has 3 aromatic carbocycles. The topological polar surface area (TPSA) is 136 Å². The monoisotopic (exact) mass is 459 g/mol. The summed E-state index contributed by atoms with van der Waals surface area (Å²) < 4.78 is 5.14. The molecular formula is C24H17N3O7. The molecule has 0 saturated heterocycles. The highest BCUT2D eigenvalue weighted by Crippen LogP contribution is 2.30. The van der Waals surface area contributed by atoms with Gasteiger partial charge in [0, 0.05) is 17.3 Å². The van der Waals surface area contributed by atoms with Crippen LogP contribution in [0.5, 0.6) is 0 Å². The molecule has 4 rings (SSSR count). The maximum absolute atomic E-state index is 12.5. The minimum atomic E-state index is -0.918. The van der Waals surface area contributed by atoms with E-state index >= 15 is 0 Å². The Kier molecular flexibility index (Phi) is 6.13. The lowest BCUT2D eigenvalue weighted by Crippen LogP contribution is -2.35. The first-order valence-corrected chi connectivity index (χ1v) is 10.1. The second kappa shape index (κ2) is 9.33. The summed E-state index contributed by atoms with van der Waals surface area (Å²) >= 11 is 0. The zero-order chi connectivity index (χ0) is 24.2. The zero-order valence-corrected chi connectivity index (χ0v) is 17.6. The Morgan fingerprint density at radius 3 is 2.29 bits per heavy atom. The van der Waals surface area contributed by atoms with E-state index in [4.69, 9.17) is 4.74 Å². The molecule has 3 amide bonds. The van der Waals surface area contributed by atoms with E-state index < -0.39 is 34.9 Å². The number of carbonyl (C=O) groups is 4. The fourth-order valence-electron chi connectivity index (χ4n) is 3.43. The summed E-state index contributed by atoms with van der Waals surface area (Å²) in [6.45, 7) is -0.830. The van der Waals surface area contributed by atoms with Gasteiger partial charge < -0.3 is 10.1 Å². The third-order valence-corrected chi connectivity index (χ3v) is 5.11. The predicted molar refractivity (Wildman–Crippen MR) is 119 cm³/mol. The minimum Gasteiger partial charge on any atom is -0.459 e. The molecule has 10 nitrogen and oxygen atoms in total. The van der Waals surface area contributed by atoms with Gasteiger partial charge in [-0.05, 0) is 35.9 Å². The van der Waals surface area contributed by atoms with Crippen LogP contribution in [0, 0.1) is 10.1 Å². The van der Waals surface area contributed by atoms with E-state index in [2.05, 4.69) is 5.32 Å². The smallest absolute Gasteiger partial charge is 0.326 e. The maximum atomic E-state index is 12.5. The second-order valence-corrected chi connectivity index (χ2v) is 7.33. The number of rotatable bonds is 7. The predicted octanol–water partition coefficient (Wildman–Crippen LogP) is 3.19. The van der Waals surface area contributed by atoms with E-state index in [1.165, 1.54) is 12.1 Å². The number of fused-ring (bicyclic) bond motifs is 1. The molecule has 1 heterocycles. The van der Waals surface area contributed by atoms with Crippen LogP contribution in [0.2, 0.25) is 0 Å². The van der Waals surface area contributed by atoms with Gasteiger partial charge in [0.2, 0.25) is 0 Å². The standard InChI is InChI=1S/C24H17N3O7/c28-20(13-26-23(30)18-7-4-8-19(27(32)33)21(18)24(26)31)34-14-15-9-11-16(12-10-15)22(29)25-17-5-2-1-3-6-17/h1-12H,13-14H2,(H,25,29). The lowest BCUT2D eigenvalue weighted by atomic mass is 10.1. The molecule has 0 unspecified atom stereocenters. The number of esters is 1. The fourth-order valence-corrected chi connectivity index (χ4v) is 3.43. The number of anilines is 1. The number of amides is 3. The highest BCUT2D eigenvalue weighted by molar-refractivity contribution is 6.24. The van der Waals surface area contributed by atoms with Crippen molar-refractivity contribution < 1.29 is 28.8 Å². The molecule has 170 valence electrons. The molecule has 0 aromatic heterocycles. The van der Waals surface area contributed by atoms with Crippen LogP contribution in [0.4, 0.5) is 11.4 Å². The van der Waals surface area contributed by atoms with Crippen LogP contribution in [0.3, 0.4) is 0 Å². The second-order valence-electron chi connectivity index (χ2n) is 7.33. The minimum absolute atomic E-state index is 0.128. The van der Waals surface area contributed by atoms with Gasteiger partial charge in [-0.15, -0.1) is 0 Å². The van der Waals surface area contributed by atoms with Crippen LogP contribution < -0.4 is 5.32 Å². The first-order chi connectivity index (χ1) is 16.3. The zero-order valence-electron chi connectivity index (χ0n) is 17.6. The molecule has 0 atom stereocenters. The Hall–Kier alpha value is -4.86. The summed E-state index contributed by atoms with van der Waals surface area (Å²) in [5, 5.41) is 13.9. The summed E-state index contributed by atoms with van der Waals surface area (Å²) in [6, 6.07) is 19.0. The number of carbonyl (C=O) groups excluding carboxylic acids is 4. The van der Waals surface area contributed by atoms with Crippen LogP contribution in [-0.4, -0.2) is 40.1 Å². The van der Waals surface area contributed by atoms with Crippen molar-refractivity contribution in [3.63, 3.8) is 0 Å². The van der Waals surface area contributed by atoms with E-state index in [-0.39, 0.29) is 23.6 Å². The van der Waals surface area contributed by atoms with E-state index in [1.807, 2.05) is 6.07 Å². The Labute approximate surface area is 192 Å². The number of nitrogens with one attached hydrogen (secondary N) is 1. The van der Waals surface area contributed by atoms with Crippen molar-refractivity contribution in [1.29, 1.82) is 0 Å². The van der Waals surface area contributed by atoms with Gasteiger partial charge in [0.15, 0.2) is 0 Å². The lowest BCUT2D eigenvalue weighted by molar-refractivity contribution is -0.385. The van der Waals surface area contributed by atoms with Gasteiger partial charge in [0.1, 0.15) is 18.7 Å². The highest BCUT2D eigenvalue weighted by Gasteiger charge is 2.41. The molecule has 34 heavy (non-hydrogen) atoms. The molecule has 3 aromatic rings. The number of benzene rings is 3. The molecule has 1 N–H and O–H groups in total. The van der Waals surface area contributed by atoms with Crippen molar-refractivity contribution in [3.05, 3.63) is 105 Å².